The van der Waals surface area contributed by atoms with Crippen LogP contribution in [0.25, 0.3) is 0 Å². The maximum absolute atomic E-state index is 12.0. The molecule has 0 spiro atoms. The highest BCUT2D eigenvalue weighted by Gasteiger charge is 2.33. The summed E-state index contributed by atoms with van der Waals surface area (Å²) in [4.78, 5) is 15.8. The van der Waals surface area contributed by atoms with Crippen LogP contribution in [0.15, 0.2) is 0 Å². The molecule has 1 saturated heterocycles. The van der Waals surface area contributed by atoms with Crippen LogP contribution >= 0.6 is 0 Å². The molecule has 5 nitrogen and oxygen atoms in total. The van der Waals surface area contributed by atoms with Gasteiger partial charge in [-0.25, -0.2) is 4.79 Å². The summed E-state index contributed by atoms with van der Waals surface area (Å²) in [7, 11) is 0. The molecule has 1 amide bonds. The van der Waals surface area contributed by atoms with Gasteiger partial charge < -0.3 is 9.64 Å². The van der Waals surface area contributed by atoms with Gasteiger partial charge in [0.05, 0.1) is 12.6 Å². The van der Waals surface area contributed by atoms with E-state index in [9.17, 15) is 4.79 Å². The zero-order valence-electron chi connectivity index (χ0n) is 11.9. The Balaban J connectivity index is 2.63. The molecule has 0 aromatic heterocycles. The molecule has 0 aromatic rings. The molecule has 0 bridgehead atoms. The van der Waals surface area contributed by atoms with E-state index in [0.29, 0.717) is 19.6 Å². The molecule has 0 radical (unpaired) electrons. The average Bonchev–Trinajstić information content (AvgIpc) is 2.20. The second-order valence-corrected chi connectivity index (χ2v) is 5.91. The zero-order chi connectivity index (χ0) is 13.9. The second kappa shape index (κ2) is 5.57. The number of carbonyl (C=O) groups excluding carboxylic acids is 1. The Morgan fingerprint density at radius 3 is 2.22 bits per heavy atom. The van der Waals surface area contributed by atoms with E-state index in [2.05, 4.69) is 11.0 Å². The number of nitrogens with zero attached hydrogens (tertiary/aromatic N) is 3. The lowest BCUT2D eigenvalue weighted by atomic mass is 10.1. The SMILES string of the molecule is C[C@@H]1CN(C(=O)OC(C)(C)C)C[C@@H](C)N1CC#N. The molecule has 0 saturated carbocycles. The van der Waals surface area contributed by atoms with Crippen LogP contribution in [0.3, 0.4) is 0 Å². The average molecular weight is 253 g/mol. The fourth-order valence-corrected chi connectivity index (χ4v) is 2.23. The van der Waals surface area contributed by atoms with Gasteiger partial charge in [0.2, 0.25) is 0 Å². The van der Waals surface area contributed by atoms with Gasteiger partial charge in [0, 0.05) is 25.2 Å². The molecule has 2 atom stereocenters. The van der Waals surface area contributed by atoms with Gasteiger partial charge in [0.25, 0.3) is 0 Å². The molecule has 0 aliphatic carbocycles. The predicted molar refractivity (Wildman–Crippen MR) is 69.1 cm³/mol. The van der Waals surface area contributed by atoms with Crippen molar-refractivity contribution in [1.29, 1.82) is 5.26 Å². The van der Waals surface area contributed by atoms with Crippen LogP contribution in [0.4, 0.5) is 4.79 Å². The summed E-state index contributed by atoms with van der Waals surface area (Å²) in [6, 6.07) is 2.53. The quantitative estimate of drug-likeness (QED) is 0.669. The van der Waals surface area contributed by atoms with Crippen LogP contribution in [0.1, 0.15) is 34.6 Å². The van der Waals surface area contributed by atoms with Gasteiger partial charge in [0.1, 0.15) is 5.60 Å². The fourth-order valence-electron chi connectivity index (χ4n) is 2.23. The highest BCUT2D eigenvalue weighted by molar-refractivity contribution is 5.68. The third-order valence-electron chi connectivity index (χ3n) is 3.01. The highest BCUT2D eigenvalue weighted by atomic mass is 16.6. The minimum absolute atomic E-state index is 0.181. The van der Waals surface area contributed by atoms with E-state index in [1.165, 1.54) is 0 Å². The van der Waals surface area contributed by atoms with E-state index in [-0.39, 0.29) is 18.2 Å². The van der Waals surface area contributed by atoms with E-state index in [0.717, 1.165) is 0 Å². The number of hydrogen-bond donors (Lipinski definition) is 0. The van der Waals surface area contributed by atoms with Crippen molar-refractivity contribution in [3.8, 4) is 6.07 Å². The normalized spacial score (nSPS) is 25.7. The van der Waals surface area contributed by atoms with Crippen LogP contribution in [0.2, 0.25) is 0 Å². The Kier molecular flexibility index (Phi) is 4.58. The van der Waals surface area contributed by atoms with Crippen molar-refractivity contribution >= 4 is 6.09 Å². The Bertz CT molecular complexity index is 331. The summed E-state index contributed by atoms with van der Waals surface area (Å²) in [5.41, 5.74) is -0.465. The largest absolute Gasteiger partial charge is 0.444 e. The lowest BCUT2D eigenvalue weighted by molar-refractivity contribution is -0.00432. The number of nitriles is 1. The van der Waals surface area contributed by atoms with Crippen LogP contribution in [0, 0.1) is 11.3 Å². The van der Waals surface area contributed by atoms with Gasteiger partial charge in [0.15, 0.2) is 0 Å². The molecule has 1 aliphatic rings. The maximum Gasteiger partial charge on any atom is 0.410 e. The zero-order valence-corrected chi connectivity index (χ0v) is 11.9. The van der Waals surface area contributed by atoms with E-state index in [4.69, 9.17) is 10.00 Å². The third kappa shape index (κ3) is 3.88. The molecule has 0 aromatic carbocycles. The number of carbonyl (C=O) groups is 1. The summed E-state index contributed by atoms with van der Waals surface area (Å²) in [6.07, 6.45) is -0.266. The Hall–Kier alpha value is -1.28. The van der Waals surface area contributed by atoms with Gasteiger partial charge in [-0.05, 0) is 34.6 Å². The van der Waals surface area contributed by atoms with Crippen LogP contribution in [-0.4, -0.2) is 53.2 Å². The van der Waals surface area contributed by atoms with Crippen molar-refractivity contribution in [2.45, 2.75) is 52.3 Å². The maximum atomic E-state index is 12.0. The predicted octanol–water partition coefficient (Wildman–Crippen LogP) is 1.84. The first kappa shape index (κ1) is 14.8. The van der Waals surface area contributed by atoms with E-state index in [1.807, 2.05) is 34.6 Å². The molecule has 1 fully saturated rings. The Morgan fingerprint density at radius 1 is 1.33 bits per heavy atom. The smallest absolute Gasteiger partial charge is 0.410 e. The molecule has 102 valence electrons. The van der Waals surface area contributed by atoms with Crippen LogP contribution in [0.5, 0.6) is 0 Å². The number of amides is 1. The van der Waals surface area contributed by atoms with Crippen molar-refractivity contribution in [2.24, 2.45) is 0 Å². The van der Waals surface area contributed by atoms with Crippen LogP contribution < -0.4 is 0 Å². The summed E-state index contributed by atoms with van der Waals surface area (Å²) in [5, 5.41) is 8.79. The minimum Gasteiger partial charge on any atom is -0.444 e. The molecular formula is C13H23N3O2. The van der Waals surface area contributed by atoms with Crippen molar-refractivity contribution in [1.82, 2.24) is 9.80 Å². The summed E-state index contributed by atoms with van der Waals surface area (Å²) in [6.45, 7) is 11.3. The van der Waals surface area contributed by atoms with Crippen LogP contribution in [-0.2, 0) is 4.74 Å². The number of piperazine rings is 1. The number of ether oxygens (including phenoxy) is 1. The van der Waals surface area contributed by atoms with E-state index in [1.54, 1.807) is 4.90 Å². The van der Waals surface area contributed by atoms with Crippen molar-refractivity contribution in [3.05, 3.63) is 0 Å². The second-order valence-electron chi connectivity index (χ2n) is 5.91. The molecule has 1 rings (SSSR count). The lowest BCUT2D eigenvalue weighted by Gasteiger charge is -2.43. The molecule has 0 unspecified atom stereocenters. The van der Waals surface area contributed by atoms with Crippen molar-refractivity contribution in [3.63, 3.8) is 0 Å². The molecule has 5 heteroatoms. The summed E-state index contributed by atoms with van der Waals surface area (Å²) < 4.78 is 5.37. The number of hydrogen-bond acceptors (Lipinski definition) is 4. The van der Waals surface area contributed by atoms with Gasteiger partial charge in [-0.2, -0.15) is 5.26 Å². The minimum atomic E-state index is -0.465. The van der Waals surface area contributed by atoms with E-state index < -0.39 is 5.60 Å². The van der Waals surface area contributed by atoms with Crippen molar-refractivity contribution in [2.75, 3.05) is 19.6 Å². The van der Waals surface area contributed by atoms with Gasteiger partial charge in [-0.3, -0.25) is 4.90 Å². The Morgan fingerprint density at radius 2 is 1.83 bits per heavy atom. The highest BCUT2D eigenvalue weighted by Crippen LogP contribution is 2.18. The molecule has 1 heterocycles. The summed E-state index contributed by atoms with van der Waals surface area (Å²) in [5.74, 6) is 0. The van der Waals surface area contributed by atoms with Gasteiger partial charge in [-0.1, -0.05) is 0 Å². The third-order valence-corrected chi connectivity index (χ3v) is 3.01. The molecular weight excluding hydrogens is 230 g/mol. The first-order valence-electron chi connectivity index (χ1n) is 6.35. The topological polar surface area (TPSA) is 56.6 Å². The lowest BCUT2D eigenvalue weighted by Crippen LogP contribution is -2.58. The Labute approximate surface area is 109 Å². The monoisotopic (exact) mass is 253 g/mol. The standard InChI is InChI=1S/C13H23N3O2/c1-10-8-15(12(17)18-13(3,4)5)9-11(2)16(10)7-6-14/h10-11H,7-9H2,1-5H3/t10-,11-/m1/s1. The van der Waals surface area contributed by atoms with E-state index >= 15 is 0 Å². The van der Waals surface area contributed by atoms with Gasteiger partial charge in [-0.15, -0.1) is 0 Å². The van der Waals surface area contributed by atoms with Gasteiger partial charge >= 0.3 is 6.09 Å². The number of rotatable bonds is 1. The van der Waals surface area contributed by atoms with Crippen molar-refractivity contribution < 1.29 is 9.53 Å². The first-order chi connectivity index (χ1) is 8.24. The molecule has 0 N–H and O–H groups in total. The fraction of sp³-hybridized carbons (Fsp3) is 0.846. The first-order valence-corrected chi connectivity index (χ1v) is 6.35. The summed E-state index contributed by atoms with van der Waals surface area (Å²) >= 11 is 0. The molecule has 18 heavy (non-hydrogen) atoms. The molecule has 1 aliphatic heterocycles.